The highest BCUT2D eigenvalue weighted by Gasteiger charge is 2.26. The number of fused-ring (bicyclic) bond motifs is 1. The summed E-state index contributed by atoms with van der Waals surface area (Å²) in [6.07, 6.45) is 4.91. The third kappa shape index (κ3) is 4.30. The van der Waals surface area contributed by atoms with E-state index in [1.165, 1.54) is 0 Å². The summed E-state index contributed by atoms with van der Waals surface area (Å²) in [5, 5.41) is 3.51. The molecular formula is C26H26N4O2. The van der Waals surface area contributed by atoms with Gasteiger partial charge in [0.2, 0.25) is 0 Å². The molecule has 4 aromatic rings. The van der Waals surface area contributed by atoms with Crippen molar-refractivity contribution in [3.8, 4) is 5.75 Å². The average Bonchev–Trinajstić information content (AvgIpc) is 3.46. The average molecular weight is 427 g/mol. The van der Waals surface area contributed by atoms with E-state index in [-0.39, 0.29) is 11.9 Å². The minimum absolute atomic E-state index is 0.0599. The number of aromatic nitrogens is 2. The normalized spacial score (nSPS) is 15.8. The highest BCUT2D eigenvalue weighted by atomic mass is 16.5. The van der Waals surface area contributed by atoms with E-state index < -0.39 is 0 Å². The zero-order valence-corrected chi connectivity index (χ0v) is 18.1. The first-order chi connectivity index (χ1) is 15.7. The molecule has 2 aromatic heterocycles. The molecule has 1 N–H and O–H groups in total. The molecule has 0 aliphatic carbocycles. The number of imidazole rings is 1. The molecule has 0 radical (unpaired) electrons. The van der Waals surface area contributed by atoms with Crippen LogP contribution in [0.15, 0.2) is 79.1 Å². The number of nitrogens with zero attached hydrogens (tertiary/aromatic N) is 3. The molecule has 3 heterocycles. The highest BCUT2D eigenvalue weighted by molar-refractivity contribution is 5.94. The summed E-state index contributed by atoms with van der Waals surface area (Å²) < 4.78 is 7.90. The fourth-order valence-electron chi connectivity index (χ4n) is 4.14. The number of carbonyl (C=O) groups is 1. The number of carbonyl (C=O) groups excluding carboxylic acids is 1. The fraction of sp³-hybridized carbons (Fsp3) is 0.231. The summed E-state index contributed by atoms with van der Waals surface area (Å²) in [7, 11) is 0. The van der Waals surface area contributed by atoms with Crippen LogP contribution in [-0.2, 0) is 6.61 Å². The van der Waals surface area contributed by atoms with Gasteiger partial charge < -0.3 is 19.4 Å². The zero-order valence-electron chi connectivity index (χ0n) is 18.1. The van der Waals surface area contributed by atoms with Crippen LogP contribution in [0.25, 0.3) is 5.65 Å². The molecule has 1 fully saturated rings. The fourth-order valence-corrected chi connectivity index (χ4v) is 4.14. The van der Waals surface area contributed by atoms with Crippen LogP contribution in [0.3, 0.4) is 0 Å². The summed E-state index contributed by atoms with van der Waals surface area (Å²) in [6.45, 7) is 3.89. The maximum Gasteiger partial charge on any atom is 0.253 e. The van der Waals surface area contributed by atoms with Gasteiger partial charge in [-0.1, -0.05) is 24.3 Å². The Morgan fingerprint density at radius 3 is 2.69 bits per heavy atom. The van der Waals surface area contributed by atoms with E-state index in [9.17, 15) is 4.79 Å². The van der Waals surface area contributed by atoms with E-state index in [4.69, 9.17) is 4.74 Å². The van der Waals surface area contributed by atoms with Crippen LogP contribution >= 0.6 is 0 Å². The van der Waals surface area contributed by atoms with Crippen LogP contribution in [0.4, 0.5) is 5.69 Å². The molecule has 1 aliphatic heterocycles. The maximum atomic E-state index is 12.9. The number of nitrogens with one attached hydrogen (secondary N) is 1. The number of aryl methyl sites for hydroxylation is 1. The second kappa shape index (κ2) is 8.75. The summed E-state index contributed by atoms with van der Waals surface area (Å²) >= 11 is 0. The molecule has 6 heteroatoms. The molecule has 6 nitrogen and oxygen atoms in total. The molecule has 0 bridgehead atoms. The molecule has 1 atom stereocenters. The molecule has 1 aliphatic rings. The van der Waals surface area contributed by atoms with Gasteiger partial charge in [0.05, 0.1) is 5.69 Å². The predicted molar refractivity (Wildman–Crippen MR) is 125 cm³/mol. The van der Waals surface area contributed by atoms with Crippen molar-refractivity contribution in [2.45, 2.75) is 26.0 Å². The molecule has 1 saturated heterocycles. The van der Waals surface area contributed by atoms with Crippen molar-refractivity contribution < 1.29 is 9.53 Å². The summed E-state index contributed by atoms with van der Waals surface area (Å²) in [5.41, 5.74) is 4.71. The molecule has 0 saturated carbocycles. The van der Waals surface area contributed by atoms with E-state index in [2.05, 4.69) is 22.4 Å². The lowest BCUT2D eigenvalue weighted by molar-refractivity contribution is 0.0791. The Labute approximate surface area is 187 Å². The van der Waals surface area contributed by atoms with E-state index in [0.29, 0.717) is 18.7 Å². The topological polar surface area (TPSA) is 58.9 Å². The summed E-state index contributed by atoms with van der Waals surface area (Å²) in [6, 6.07) is 21.8. The Hall–Kier alpha value is -3.80. The summed E-state index contributed by atoms with van der Waals surface area (Å²) in [4.78, 5) is 19.5. The SMILES string of the molecule is Cc1cccn2cc(COc3ccc(C(=O)N4CCC(Nc5ccccc5)C4)cc3)nc12. The van der Waals surface area contributed by atoms with Crippen molar-refractivity contribution in [1.82, 2.24) is 14.3 Å². The molecule has 32 heavy (non-hydrogen) atoms. The standard InChI is InChI=1S/C26H26N4O2/c1-19-6-5-14-29-17-23(28-25(19)29)18-32-24-11-9-20(10-12-24)26(31)30-15-13-22(16-30)27-21-7-3-2-4-8-21/h2-12,14,17,22,27H,13,15-16,18H2,1H3. The molecule has 0 spiro atoms. The third-order valence-corrected chi connectivity index (χ3v) is 5.84. The van der Waals surface area contributed by atoms with Gasteiger partial charge in [0.25, 0.3) is 5.91 Å². The van der Waals surface area contributed by atoms with Gasteiger partial charge in [0.1, 0.15) is 18.0 Å². The first-order valence-corrected chi connectivity index (χ1v) is 10.9. The van der Waals surface area contributed by atoms with E-state index in [1.807, 2.05) is 83.2 Å². The van der Waals surface area contributed by atoms with E-state index in [0.717, 1.165) is 41.3 Å². The molecule has 1 amide bonds. The van der Waals surface area contributed by atoms with Crippen LogP contribution in [0.1, 0.15) is 28.0 Å². The lowest BCUT2D eigenvalue weighted by Gasteiger charge is -2.18. The molecule has 162 valence electrons. The van der Waals surface area contributed by atoms with E-state index in [1.54, 1.807) is 0 Å². The van der Waals surface area contributed by atoms with Crippen LogP contribution in [0.5, 0.6) is 5.75 Å². The van der Waals surface area contributed by atoms with Gasteiger partial charge >= 0.3 is 0 Å². The number of ether oxygens (including phenoxy) is 1. The van der Waals surface area contributed by atoms with Crippen molar-refractivity contribution in [3.05, 3.63) is 95.9 Å². The van der Waals surface area contributed by atoms with Crippen LogP contribution < -0.4 is 10.1 Å². The summed E-state index contributed by atoms with van der Waals surface area (Å²) in [5.74, 6) is 0.783. The zero-order chi connectivity index (χ0) is 21.9. The number of anilines is 1. The predicted octanol–water partition coefficient (Wildman–Crippen LogP) is 4.55. The molecular weight excluding hydrogens is 400 g/mol. The Morgan fingerprint density at radius 1 is 1.09 bits per heavy atom. The van der Waals surface area contributed by atoms with Gasteiger partial charge in [0, 0.05) is 42.8 Å². The number of likely N-dealkylation sites (tertiary alicyclic amines) is 1. The lowest BCUT2D eigenvalue weighted by Crippen LogP contribution is -2.31. The van der Waals surface area contributed by atoms with Gasteiger partial charge in [-0.25, -0.2) is 4.98 Å². The third-order valence-electron chi connectivity index (χ3n) is 5.84. The van der Waals surface area contributed by atoms with Crippen molar-refractivity contribution in [2.75, 3.05) is 18.4 Å². The number of amides is 1. The number of rotatable bonds is 6. The van der Waals surface area contributed by atoms with Gasteiger partial charge in [-0.2, -0.15) is 0 Å². The Kier molecular flexibility index (Phi) is 5.50. The van der Waals surface area contributed by atoms with Crippen LogP contribution in [-0.4, -0.2) is 39.3 Å². The van der Waals surface area contributed by atoms with Crippen LogP contribution in [0, 0.1) is 6.92 Å². The Balaban J connectivity index is 1.17. The number of para-hydroxylation sites is 1. The van der Waals surface area contributed by atoms with Crippen molar-refractivity contribution in [3.63, 3.8) is 0 Å². The van der Waals surface area contributed by atoms with Crippen LogP contribution in [0.2, 0.25) is 0 Å². The van der Waals surface area contributed by atoms with Crippen molar-refractivity contribution >= 4 is 17.2 Å². The molecule has 2 aromatic carbocycles. The Morgan fingerprint density at radius 2 is 1.91 bits per heavy atom. The molecule has 1 unspecified atom stereocenters. The van der Waals surface area contributed by atoms with E-state index >= 15 is 0 Å². The monoisotopic (exact) mass is 426 g/mol. The quantitative estimate of drug-likeness (QED) is 0.492. The number of hydrogen-bond donors (Lipinski definition) is 1. The Bertz CT molecular complexity index is 1220. The number of hydrogen-bond acceptors (Lipinski definition) is 4. The van der Waals surface area contributed by atoms with Crippen molar-refractivity contribution in [2.24, 2.45) is 0 Å². The smallest absolute Gasteiger partial charge is 0.253 e. The lowest BCUT2D eigenvalue weighted by atomic mass is 10.2. The molecule has 5 rings (SSSR count). The second-order valence-corrected chi connectivity index (χ2v) is 8.21. The highest BCUT2D eigenvalue weighted by Crippen LogP contribution is 2.20. The van der Waals surface area contributed by atoms with Gasteiger partial charge in [-0.05, 0) is 61.4 Å². The number of benzene rings is 2. The largest absolute Gasteiger partial charge is 0.487 e. The van der Waals surface area contributed by atoms with Gasteiger partial charge in [-0.15, -0.1) is 0 Å². The maximum absolute atomic E-state index is 12.9. The number of pyridine rings is 1. The first-order valence-electron chi connectivity index (χ1n) is 10.9. The second-order valence-electron chi connectivity index (χ2n) is 8.21. The van der Waals surface area contributed by atoms with Gasteiger partial charge in [-0.3, -0.25) is 4.79 Å². The van der Waals surface area contributed by atoms with Crippen molar-refractivity contribution in [1.29, 1.82) is 0 Å². The first kappa shape index (κ1) is 20.1. The van der Waals surface area contributed by atoms with Gasteiger partial charge in [0.15, 0.2) is 0 Å². The minimum Gasteiger partial charge on any atom is -0.487 e. The minimum atomic E-state index is 0.0599.